The molecule has 8 nitrogen and oxygen atoms in total. The van der Waals surface area contributed by atoms with Crippen molar-refractivity contribution in [3.63, 3.8) is 0 Å². The van der Waals surface area contributed by atoms with Gasteiger partial charge in [-0.1, -0.05) is 30.3 Å². The molecule has 8 heteroatoms. The molecule has 0 radical (unpaired) electrons. The van der Waals surface area contributed by atoms with Crippen LogP contribution in [-0.4, -0.2) is 55.5 Å². The van der Waals surface area contributed by atoms with E-state index in [1.165, 1.54) is 20.8 Å². The third-order valence-electron chi connectivity index (χ3n) is 3.85. The standard InChI is InChI=1S/C19H24O8/c1-12(20)25-17-11-24-16(10-23-9-15-7-5-4-6-8-15)18(26-13(2)21)19(17)27-14(3)22/h4-8,16-19H,9-11H2,1-3H3/t16-,17-,18-,19-/m0/s1. The van der Waals surface area contributed by atoms with Gasteiger partial charge in [-0.3, -0.25) is 14.4 Å². The Labute approximate surface area is 157 Å². The van der Waals surface area contributed by atoms with Gasteiger partial charge < -0.3 is 23.7 Å². The molecule has 1 aliphatic heterocycles. The molecule has 0 amide bonds. The third-order valence-corrected chi connectivity index (χ3v) is 3.85. The monoisotopic (exact) mass is 380 g/mol. The van der Waals surface area contributed by atoms with Crippen LogP contribution in [0.2, 0.25) is 0 Å². The zero-order valence-corrected chi connectivity index (χ0v) is 15.6. The van der Waals surface area contributed by atoms with E-state index >= 15 is 0 Å². The fourth-order valence-electron chi connectivity index (χ4n) is 2.82. The van der Waals surface area contributed by atoms with E-state index in [9.17, 15) is 14.4 Å². The first-order chi connectivity index (χ1) is 12.9. The van der Waals surface area contributed by atoms with E-state index in [-0.39, 0.29) is 13.2 Å². The van der Waals surface area contributed by atoms with Crippen molar-refractivity contribution in [2.45, 2.75) is 51.8 Å². The molecule has 1 saturated heterocycles. The summed E-state index contributed by atoms with van der Waals surface area (Å²) in [4.78, 5) is 34.4. The Morgan fingerprint density at radius 2 is 1.52 bits per heavy atom. The summed E-state index contributed by atoms with van der Waals surface area (Å²) < 4.78 is 27.1. The summed E-state index contributed by atoms with van der Waals surface area (Å²) in [7, 11) is 0. The summed E-state index contributed by atoms with van der Waals surface area (Å²) in [6.45, 7) is 4.15. The van der Waals surface area contributed by atoms with Gasteiger partial charge in [0.25, 0.3) is 0 Å². The van der Waals surface area contributed by atoms with E-state index in [4.69, 9.17) is 23.7 Å². The molecule has 0 unspecified atom stereocenters. The van der Waals surface area contributed by atoms with Gasteiger partial charge in [0.1, 0.15) is 6.10 Å². The van der Waals surface area contributed by atoms with Gasteiger partial charge in [0, 0.05) is 20.8 Å². The lowest BCUT2D eigenvalue weighted by Gasteiger charge is -2.40. The molecule has 1 aromatic rings. The summed E-state index contributed by atoms with van der Waals surface area (Å²) in [6.07, 6.45) is -3.48. The predicted molar refractivity (Wildman–Crippen MR) is 92.5 cm³/mol. The van der Waals surface area contributed by atoms with E-state index in [1.54, 1.807) is 0 Å². The highest BCUT2D eigenvalue weighted by atomic mass is 16.6. The molecule has 0 aliphatic carbocycles. The smallest absolute Gasteiger partial charge is 0.303 e. The van der Waals surface area contributed by atoms with Gasteiger partial charge in [-0.2, -0.15) is 0 Å². The highest BCUT2D eigenvalue weighted by Crippen LogP contribution is 2.25. The van der Waals surface area contributed by atoms with Crippen LogP contribution in [0, 0.1) is 0 Å². The first kappa shape index (κ1) is 20.9. The summed E-state index contributed by atoms with van der Waals surface area (Å²) in [5, 5.41) is 0. The van der Waals surface area contributed by atoms with Crippen LogP contribution >= 0.6 is 0 Å². The van der Waals surface area contributed by atoms with Crippen LogP contribution in [0.5, 0.6) is 0 Å². The minimum atomic E-state index is -0.977. The van der Waals surface area contributed by atoms with Gasteiger partial charge in [-0.05, 0) is 5.56 Å². The number of ether oxygens (including phenoxy) is 5. The number of esters is 3. The van der Waals surface area contributed by atoms with E-state index in [2.05, 4.69) is 0 Å². The number of rotatable bonds is 7. The molecule has 1 heterocycles. The quantitative estimate of drug-likeness (QED) is 0.517. The highest BCUT2D eigenvalue weighted by Gasteiger charge is 2.46. The predicted octanol–water partition coefficient (Wildman–Crippen LogP) is 1.40. The SMILES string of the molecule is CC(=O)O[C@@H]1[C@@H](OC(C)=O)[C@@H](OC(C)=O)CO[C@H]1COCc1ccccc1. The van der Waals surface area contributed by atoms with Crippen LogP contribution in [-0.2, 0) is 44.7 Å². The Morgan fingerprint density at radius 3 is 2.11 bits per heavy atom. The van der Waals surface area contributed by atoms with Gasteiger partial charge in [0.15, 0.2) is 18.3 Å². The van der Waals surface area contributed by atoms with Crippen molar-refractivity contribution in [2.24, 2.45) is 0 Å². The summed E-state index contributed by atoms with van der Waals surface area (Å²) in [5.41, 5.74) is 0.978. The Morgan fingerprint density at radius 1 is 0.926 bits per heavy atom. The number of benzene rings is 1. The fourth-order valence-corrected chi connectivity index (χ4v) is 2.82. The second-order valence-electron chi connectivity index (χ2n) is 6.17. The maximum absolute atomic E-state index is 11.5. The van der Waals surface area contributed by atoms with Crippen LogP contribution < -0.4 is 0 Å². The van der Waals surface area contributed by atoms with Crippen molar-refractivity contribution in [3.8, 4) is 0 Å². The van der Waals surface area contributed by atoms with Crippen molar-refractivity contribution in [1.82, 2.24) is 0 Å². The van der Waals surface area contributed by atoms with Crippen molar-refractivity contribution in [1.29, 1.82) is 0 Å². The second kappa shape index (κ2) is 10.0. The molecule has 4 atom stereocenters. The number of carbonyl (C=O) groups excluding carboxylic acids is 3. The summed E-state index contributed by atoms with van der Waals surface area (Å²) in [6, 6.07) is 9.55. The molecular weight excluding hydrogens is 356 g/mol. The number of hydrogen-bond donors (Lipinski definition) is 0. The van der Waals surface area contributed by atoms with Crippen LogP contribution in [0.15, 0.2) is 30.3 Å². The Kier molecular flexibility index (Phi) is 7.75. The van der Waals surface area contributed by atoms with E-state index < -0.39 is 42.3 Å². The molecule has 0 bridgehead atoms. The average molecular weight is 380 g/mol. The van der Waals surface area contributed by atoms with Crippen molar-refractivity contribution in [3.05, 3.63) is 35.9 Å². The zero-order chi connectivity index (χ0) is 19.8. The first-order valence-electron chi connectivity index (χ1n) is 8.61. The molecule has 2 rings (SSSR count). The van der Waals surface area contributed by atoms with Crippen molar-refractivity contribution in [2.75, 3.05) is 13.2 Å². The second-order valence-corrected chi connectivity index (χ2v) is 6.17. The Bertz CT molecular complexity index is 644. The van der Waals surface area contributed by atoms with E-state index in [1.807, 2.05) is 30.3 Å². The molecular formula is C19H24O8. The Hall–Kier alpha value is -2.45. The van der Waals surface area contributed by atoms with Gasteiger partial charge in [-0.15, -0.1) is 0 Å². The van der Waals surface area contributed by atoms with Gasteiger partial charge in [-0.25, -0.2) is 0 Å². The van der Waals surface area contributed by atoms with Gasteiger partial charge in [0.05, 0.1) is 19.8 Å². The molecule has 1 fully saturated rings. The largest absolute Gasteiger partial charge is 0.456 e. The van der Waals surface area contributed by atoms with Crippen LogP contribution in [0.3, 0.4) is 0 Å². The summed E-state index contributed by atoms with van der Waals surface area (Å²) >= 11 is 0. The Balaban J connectivity index is 2.08. The third kappa shape index (κ3) is 6.65. The number of hydrogen-bond acceptors (Lipinski definition) is 8. The average Bonchev–Trinajstić information content (AvgIpc) is 2.59. The molecule has 1 aromatic carbocycles. The van der Waals surface area contributed by atoms with Crippen LogP contribution in [0.25, 0.3) is 0 Å². The molecule has 0 spiro atoms. The molecule has 27 heavy (non-hydrogen) atoms. The van der Waals surface area contributed by atoms with Crippen LogP contribution in [0.4, 0.5) is 0 Å². The molecule has 0 N–H and O–H groups in total. The van der Waals surface area contributed by atoms with Gasteiger partial charge in [0.2, 0.25) is 0 Å². The highest BCUT2D eigenvalue weighted by molar-refractivity contribution is 5.68. The van der Waals surface area contributed by atoms with Gasteiger partial charge >= 0.3 is 17.9 Å². The lowest BCUT2D eigenvalue weighted by molar-refractivity contribution is -0.232. The molecule has 1 aliphatic rings. The van der Waals surface area contributed by atoms with E-state index in [0.29, 0.717) is 6.61 Å². The van der Waals surface area contributed by atoms with Crippen molar-refractivity contribution >= 4 is 17.9 Å². The first-order valence-corrected chi connectivity index (χ1v) is 8.61. The minimum Gasteiger partial charge on any atom is -0.456 e. The lowest BCUT2D eigenvalue weighted by atomic mass is 9.99. The molecule has 0 saturated carbocycles. The normalized spacial score (nSPS) is 24.7. The fraction of sp³-hybridized carbons (Fsp3) is 0.526. The number of carbonyl (C=O) groups is 3. The minimum absolute atomic E-state index is 0.00530. The molecule has 148 valence electrons. The topological polar surface area (TPSA) is 97.4 Å². The summed E-state index contributed by atoms with van der Waals surface area (Å²) in [5.74, 6) is -1.71. The maximum atomic E-state index is 11.5. The molecule has 0 aromatic heterocycles. The van der Waals surface area contributed by atoms with E-state index in [0.717, 1.165) is 5.56 Å². The zero-order valence-electron chi connectivity index (χ0n) is 15.6. The lowest BCUT2D eigenvalue weighted by Crippen LogP contribution is -2.58. The maximum Gasteiger partial charge on any atom is 0.303 e. The van der Waals surface area contributed by atoms with Crippen LogP contribution in [0.1, 0.15) is 26.3 Å². The van der Waals surface area contributed by atoms with Crippen molar-refractivity contribution < 1.29 is 38.1 Å².